The minimum absolute atomic E-state index is 0.139. The number of rotatable bonds is 5. The highest BCUT2D eigenvalue weighted by atomic mass is 32.2. The van der Waals surface area contributed by atoms with E-state index in [1.54, 1.807) is 7.05 Å². The topological polar surface area (TPSA) is 40.6 Å². The summed E-state index contributed by atoms with van der Waals surface area (Å²) in [4.78, 5) is 2.43. The van der Waals surface area contributed by atoms with Crippen molar-refractivity contribution in [2.45, 2.75) is 24.2 Å². The zero-order valence-corrected chi connectivity index (χ0v) is 12.6. The highest BCUT2D eigenvalue weighted by Gasteiger charge is 2.21. The minimum Gasteiger partial charge on any atom is -0.302 e. The lowest BCUT2D eigenvalue weighted by molar-refractivity contribution is 0.218. The molecule has 1 aromatic rings. The number of nitrogens with zero attached hydrogens (tertiary/aromatic N) is 2. The van der Waals surface area contributed by atoms with E-state index in [1.165, 1.54) is 47.8 Å². The molecule has 0 spiro atoms. The van der Waals surface area contributed by atoms with Crippen LogP contribution in [-0.4, -0.2) is 50.8 Å². The molecule has 1 aliphatic rings. The zero-order valence-electron chi connectivity index (χ0n) is 11.8. The molecule has 112 valence electrons. The molecule has 0 aromatic heterocycles. The van der Waals surface area contributed by atoms with Gasteiger partial charge in [0.15, 0.2) is 0 Å². The van der Waals surface area contributed by atoms with Gasteiger partial charge in [-0.25, -0.2) is 12.8 Å². The van der Waals surface area contributed by atoms with Gasteiger partial charge in [-0.2, -0.15) is 4.31 Å². The number of likely N-dealkylation sites (tertiary alicyclic amines) is 1. The molecule has 0 amide bonds. The summed E-state index contributed by atoms with van der Waals surface area (Å²) in [6.07, 6.45) is 3.64. The fraction of sp³-hybridized carbons (Fsp3) is 0.571. The van der Waals surface area contributed by atoms with Gasteiger partial charge in [0.1, 0.15) is 5.82 Å². The van der Waals surface area contributed by atoms with Crippen LogP contribution >= 0.6 is 0 Å². The van der Waals surface area contributed by atoms with Crippen LogP contribution in [0.15, 0.2) is 29.2 Å². The maximum absolute atomic E-state index is 12.9. The molecule has 0 atom stereocenters. The van der Waals surface area contributed by atoms with E-state index in [-0.39, 0.29) is 4.90 Å². The van der Waals surface area contributed by atoms with E-state index in [9.17, 15) is 12.8 Å². The van der Waals surface area contributed by atoms with E-state index in [1.807, 2.05) is 0 Å². The summed E-state index contributed by atoms with van der Waals surface area (Å²) >= 11 is 0. The van der Waals surface area contributed by atoms with Crippen molar-refractivity contribution in [3.63, 3.8) is 0 Å². The molecule has 20 heavy (non-hydrogen) atoms. The van der Waals surface area contributed by atoms with E-state index in [0.717, 1.165) is 19.6 Å². The molecular weight excluding hydrogens is 279 g/mol. The van der Waals surface area contributed by atoms with E-state index < -0.39 is 15.8 Å². The second kappa shape index (κ2) is 6.65. The van der Waals surface area contributed by atoms with Gasteiger partial charge in [-0.15, -0.1) is 0 Å². The Morgan fingerprint density at radius 1 is 1.15 bits per heavy atom. The number of benzene rings is 1. The first-order valence-corrected chi connectivity index (χ1v) is 8.38. The molecule has 0 aliphatic carbocycles. The van der Waals surface area contributed by atoms with Crippen molar-refractivity contribution in [1.82, 2.24) is 9.21 Å². The second-order valence-corrected chi connectivity index (χ2v) is 7.23. The Morgan fingerprint density at radius 2 is 1.75 bits per heavy atom. The Kier molecular flexibility index (Phi) is 5.12. The number of likely N-dealkylation sites (N-methyl/N-ethyl adjacent to an activating group) is 1. The van der Waals surface area contributed by atoms with Gasteiger partial charge < -0.3 is 4.90 Å². The summed E-state index contributed by atoms with van der Waals surface area (Å²) < 4.78 is 38.8. The maximum atomic E-state index is 12.9. The predicted octanol–water partition coefficient (Wildman–Crippen LogP) is 1.93. The monoisotopic (exact) mass is 300 g/mol. The quantitative estimate of drug-likeness (QED) is 0.834. The lowest BCUT2D eigenvalue weighted by atomic mass is 10.1. The highest BCUT2D eigenvalue weighted by molar-refractivity contribution is 7.89. The summed E-state index contributed by atoms with van der Waals surface area (Å²) in [5, 5.41) is 0. The summed E-state index contributed by atoms with van der Waals surface area (Å²) in [6, 6.07) is 4.96. The van der Waals surface area contributed by atoms with Crippen LogP contribution in [0, 0.1) is 5.82 Å². The van der Waals surface area contributed by atoms with Crippen molar-refractivity contribution < 1.29 is 12.8 Å². The molecule has 1 fully saturated rings. The van der Waals surface area contributed by atoms with Crippen LogP contribution in [0.1, 0.15) is 19.3 Å². The van der Waals surface area contributed by atoms with Gasteiger partial charge in [0.2, 0.25) is 10.0 Å². The Labute approximate surface area is 120 Å². The van der Waals surface area contributed by atoms with Gasteiger partial charge in [-0.05, 0) is 50.2 Å². The molecule has 0 radical (unpaired) electrons. The van der Waals surface area contributed by atoms with E-state index in [0.29, 0.717) is 6.54 Å². The first-order chi connectivity index (χ1) is 9.50. The summed E-state index contributed by atoms with van der Waals surface area (Å²) in [7, 11) is -1.94. The standard InChI is InChI=1S/C14H21FN2O2S/c1-16(11-12-17-9-3-2-4-10-17)20(18,19)14-7-5-13(15)6-8-14/h5-8H,2-4,9-12H2,1H3. The molecule has 6 heteroatoms. The molecule has 1 heterocycles. The third-order valence-corrected chi connectivity index (χ3v) is 5.57. The SMILES string of the molecule is CN(CCN1CCCCC1)S(=O)(=O)c1ccc(F)cc1. The predicted molar refractivity (Wildman–Crippen MR) is 76.5 cm³/mol. The number of halogens is 1. The first-order valence-electron chi connectivity index (χ1n) is 6.94. The number of hydrogen-bond donors (Lipinski definition) is 0. The second-order valence-electron chi connectivity index (χ2n) is 5.18. The molecule has 2 rings (SSSR count). The van der Waals surface area contributed by atoms with Crippen LogP contribution in [0.25, 0.3) is 0 Å². The lowest BCUT2D eigenvalue weighted by Gasteiger charge is -2.28. The Hall–Kier alpha value is -0.980. The van der Waals surface area contributed by atoms with Crippen molar-refractivity contribution >= 4 is 10.0 Å². The summed E-state index contributed by atoms with van der Waals surface area (Å²) in [5.74, 6) is -0.431. The number of piperidine rings is 1. The van der Waals surface area contributed by atoms with Gasteiger partial charge in [0.05, 0.1) is 4.90 Å². The van der Waals surface area contributed by atoms with E-state index in [2.05, 4.69) is 4.90 Å². The minimum atomic E-state index is -3.52. The molecule has 1 aliphatic heterocycles. The van der Waals surface area contributed by atoms with Crippen LogP contribution in [0.2, 0.25) is 0 Å². The van der Waals surface area contributed by atoms with Crippen molar-refractivity contribution in [2.75, 3.05) is 33.2 Å². The molecule has 0 unspecified atom stereocenters. The van der Waals surface area contributed by atoms with E-state index in [4.69, 9.17) is 0 Å². The fourth-order valence-electron chi connectivity index (χ4n) is 2.37. The third kappa shape index (κ3) is 3.77. The molecule has 0 bridgehead atoms. The van der Waals surface area contributed by atoms with Gasteiger partial charge in [-0.3, -0.25) is 0 Å². The van der Waals surface area contributed by atoms with Gasteiger partial charge >= 0.3 is 0 Å². The van der Waals surface area contributed by atoms with Crippen LogP contribution in [0.4, 0.5) is 4.39 Å². The first kappa shape index (κ1) is 15.4. The van der Waals surface area contributed by atoms with E-state index >= 15 is 0 Å². The molecule has 0 N–H and O–H groups in total. The van der Waals surface area contributed by atoms with Crippen molar-refractivity contribution in [3.8, 4) is 0 Å². The summed E-state index contributed by atoms with van der Waals surface area (Å²) in [5.41, 5.74) is 0. The average Bonchev–Trinajstić information content (AvgIpc) is 2.46. The molecule has 4 nitrogen and oxygen atoms in total. The van der Waals surface area contributed by atoms with Gasteiger partial charge in [0.25, 0.3) is 0 Å². The fourth-order valence-corrected chi connectivity index (χ4v) is 3.53. The smallest absolute Gasteiger partial charge is 0.242 e. The number of sulfonamides is 1. The van der Waals surface area contributed by atoms with Crippen LogP contribution in [-0.2, 0) is 10.0 Å². The average molecular weight is 300 g/mol. The van der Waals surface area contributed by atoms with Crippen LogP contribution in [0.3, 0.4) is 0 Å². The molecule has 0 saturated carbocycles. The third-order valence-electron chi connectivity index (χ3n) is 3.70. The Bertz CT molecular complexity index is 525. The molecule has 1 aromatic carbocycles. The lowest BCUT2D eigenvalue weighted by Crippen LogP contribution is -2.38. The largest absolute Gasteiger partial charge is 0.302 e. The molecular formula is C14H21FN2O2S. The maximum Gasteiger partial charge on any atom is 0.242 e. The van der Waals surface area contributed by atoms with Crippen LogP contribution in [0.5, 0.6) is 0 Å². The van der Waals surface area contributed by atoms with Gasteiger partial charge in [-0.1, -0.05) is 6.42 Å². The highest BCUT2D eigenvalue weighted by Crippen LogP contribution is 2.15. The zero-order chi connectivity index (χ0) is 14.6. The molecule has 1 saturated heterocycles. The van der Waals surface area contributed by atoms with Crippen molar-refractivity contribution in [3.05, 3.63) is 30.1 Å². The van der Waals surface area contributed by atoms with Crippen LogP contribution < -0.4 is 0 Å². The van der Waals surface area contributed by atoms with Crippen molar-refractivity contribution in [2.24, 2.45) is 0 Å². The Morgan fingerprint density at radius 3 is 2.35 bits per heavy atom. The van der Waals surface area contributed by atoms with Gasteiger partial charge in [0, 0.05) is 20.1 Å². The van der Waals surface area contributed by atoms with Crippen molar-refractivity contribution in [1.29, 1.82) is 0 Å². The Balaban J connectivity index is 1.96. The number of hydrogen-bond acceptors (Lipinski definition) is 3. The normalized spacial score (nSPS) is 17.6. The summed E-state index contributed by atoms with van der Waals surface area (Å²) in [6.45, 7) is 3.30.